The van der Waals surface area contributed by atoms with Crippen LogP contribution in [0.4, 0.5) is 16.2 Å². The first-order chi connectivity index (χ1) is 12.8. The number of nitro groups is 1. The second kappa shape index (κ2) is 9.20. The fourth-order valence-electron chi connectivity index (χ4n) is 2.54. The summed E-state index contributed by atoms with van der Waals surface area (Å²) >= 11 is 5.77. The molecule has 144 valence electrons. The van der Waals surface area contributed by atoms with Crippen molar-refractivity contribution in [2.24, 2.45) is 0 Å². The van der Waals surface area contributed by atoms with Gasteiger partial charge in [-0.2, -0.15) is 0 Å². The van der Waals surface area contributed by atoms with E-state index in [1.165, 1.54) is 18.2 Å². The molecule has 2 amide bonds. The molecule has 0 radical (unpaired) electrons. The van der Waals surface area contributed by atoms with Crippen LogP contribution in [0.1, 0.15) is 11.6 Å². The maximum atomic E-state index is 12.2. The largest absolute Gasteiger partial charge is 0.497 e. The van der Waals surface area contributed by atoms with E-state index in [9.17, 15) is 14.9 Å². The Bertz CT molecular complexity index is 829. The van der Waals surface area contributed by atoms with Gasteiger partial charge < -0.3 is 20.3 Å². The number of carbonyl (C=O) groups excluding carboxylic acids is 1. The van der Waals surface area contributed by atoms with Gasteiger partial charge in [0, 0.05) is 18.3 Å². The molecule has 0 aromatic heterocycles. The number of benzene rings is 2. The van der Waals surface area contributed by atoms with Crippen LogP contribution in [0, 0.1) is 10.1 Å². The maximum absolute atomic E-state index is 12.2. The first-order valence-corrected chi connectivity index (χ1v) is 8.48. The van der Waals surface area contributed by atoms with Gasteiger partial charge in [0.05, 0.1) is 18.1 Å². The Kier molecular flexibility index (Phi) is 6.98. The lowest BCUT2D eigenvalue weighted by Crippen LogP contribution is -2.36. The van der Waals surface area contributed by atoms with E-state index < -0.39 is 11.0 Å². The van der Waals surface area contributed by atoms with E-state index in [1.54, 1.807) is 7.11 Å². The van der Waals surface area contributed by atoms with Crippen LogP contribution < -0.4 is 15.4 Å². The maximum Gasteiger partial charge on any atom is 0.319 e. The number of urea groups is 1. The monoisotopic (exact) mass is 392 g/mol. The average molecular weight is 393 g/mol. The van der Waals surface area contributed by atoms with Gasteiger partial charge in [-0.3, -0.25) is 10.1 Å². The van der Waals surface area contributed by atoms with E-state index in [-0.39, 0.29) is 22.4 Å². The standard InChI is InChI=1S/C18H21ClN4O4/c1-22(2)17(12-5-4-6-14(9-12)27-3)11-20-18(24)21-13-7-8-15(19)16(10-13)23(25)26/h4-10,17H,11H2,1-3H3,(H2,20,21,24). The zero-order chi connectivity index (χ0) is 20.0. The normalized spacial score (nSPS) is 11.7. The Labute approximate surface area is 162 Å². The number of likely N-dealkylation sites (N-methyl/N-ethyl adjacent to an activating group) is 1. The molecule has 0 aliphatic heterocycles. The lowest BCUT2D eigenvalue weighted by Gasteiger charge is -2.25. The van der Waals surface area contributed by atoms with Crippen molar-refractivity contribution < 1.29 is 14.5 Å². The first kappa shape index (κ1) is 20.5. The highest BCUT2D eigenvalue weighted by Crippen LogP contribution is 2.27. The molecule has 2 aromatic carbocycles. The minimum Gasteiger partial charge on any atom is -0.497 e. The van der Waals surface area contributed by atoms with Gasteiger partial charge >= 0.3 is 6.03 Å². The van der Waals surface area contributed by atoms with Crippen molar-refractivity contribution in [1.82, 2.24) is 10.2 Å². The summed E-state index contributed by atoms with van der Waals surface area (Å²) in [6, 6.07) is 11.1. The highest BCUT2D eigenvalue weighted by atomic mass is 35.5. The second-order valence-electron chi connectivity index (χ2n) is 6.01. The summed E-state index contributed by atoms with van der Waals surface area (Å²) in [5, 5.41) is 16.3. The van der Waals surface area contributed by atoms with Crippen molar-refractivity contribution in [3.63, 3.8) is 0 Å². The van der Waals surface area contributed by atoms with E-state index in [4.69, 9.17) is 16.3 Å². The van der Waals surface area contributed by atoms with E-state index >= 15 is 0 Å². The van der Waals surface area contributed by atoms with Gasteiger partial charge in [0.2, 0.25) is 0 Å². The van der Waals surface area contributed by atoms with Crippen molar-refractivity contribution in [3.05, 3.63) is 63.2 Å². The van der Waals surface area contributed by atoms with Crippen LogP contribution in [-0.4, -0.2) is 43.6 Å². The topological polar surface area (TPSA) is 96.7 Å². The molecule has 0 fully saturated rings. The highest BCUT2D eigenvalue weighted by molar-refractivity contribution is 6.32. The van der Waals surface area contributed by atoms with E-state index in [0.717, 1.165) is 11.3 Å². The molecular formula is C18H21ClN4O4. The van der Waals surface area contributed by atoms with Crippen molar-refractivity contribution in [2.75, 3.05) is 33.1 Å². The molecule has 0 saturated carbocycles. The third kappa shape index (κ3) is 5.57. The molecule has 27 heavy (non-hydrogen) atoms. The molecular weight excluding hydrogens is 372 g/mol. The fraction of sp³-hybridized carbons (Fsp3) is 0.278. The number of hydrogen-bond acceptors (Lipinski definition) is 5. The number of nitrogens with one attached hydrogen (secondary N) is 2. The Hall–Kier alpha value is -2.84. The highest BCUT2D eigenvalue weighted by Gasteiger charge is 2.17. The van der Waals surface area contributed by atoms with Crippen LogP contribution in [0.5, 0.6) is 5.75 Å². The van der Waals surface area contributed by atoms with Gasteiger partial charge in [0.15, 0.2) is 0 Å². The average Bonchev–Trinajstić information content (AvgIpc) is 2.63. The third-order valence-corrected chi connectivity index (χ3v) is 4.28. The molecule has 2 N–H and O–H groups in total. The summed E-state index contributed by atoms with van der Waals surface area (Å²) in [5.74, 6) is 0.734. The molecule has 9 heteroatoms. The minimum absolute atomic E-state index is 0.0108. The van der Waals surface area contributed by atoms with Gasteiger partial charge in [-0.1, -0.05) is 23.7 Å². The number of ether oxygens (including phenoxy) is 1. The summed E-state index contributed by atoms with van der Waals surface area (Å²) in [6.45, 7) is 0.335. The van der Waals surface area contributed by atoms with Gasteiger partial charge in [-0.15, -0.1) is 0 Å². The van der Waals surface area contributed by atoms with E-state index in [0.29, 0.717) is 6.54 Å². The third-order valence-electron chi connectivity index (χ3n) is 3.96. The molecule has 8 nitrogen and oxygen atoms in total. The Balaban J connectivity index is 2.04. The first-order valence-electron chi connectivity index (χ1n) is 8.11. The molecule has 0 aliphatic carbocycles. The Morgan fingerprint density at radius 1 is 1.30 bits per heavy atom. The molecule has 1 atom stereocenters. The van der Waals surface area contributed by atoms with Gasteiger partial charge in [0.1, 0.15) is 10.8 Å². The zero-order valence-electron chi connectivity index (χ0n) is 15.2. The fourth-order valence-corrected chi connectivity index (χ4v) is 2.73. The van der Waals surface area contributed by atoms with Crippen LogP contribution in [-0.2, 0) is 0 Å². The number of hydrogen-bond donors (Lipinski definition) is 2. The summed E-state index contributed by atoms with van der Waals surface area (Å²) in [4.78, 5) is 24.5. The number of rotatable bonds is 7. The molecule has 2 aromatic rings. The van der Waals surface area contributed by atoms with Crippen LogP contribution in [0.15, 0.2) is 42.5 Å². The minimum atomic E-state index is -0.601. The number of methoxy groups -OCH3 is 1. The van der Waals surface area contributed by atoms with Crippen LogP contribution in [0.25, 0.3) is 0 Å². The Morgan fingerprint density at radius 3 is 2.67 bits per heavy atom. The van der Waals surface area contributed by atoms with E-state index in [2.05, 4.69) is 10.6 Å². The van der Waals surface area contributed by atoms with Gasteiger partial charge in [0.25, 0.3) is 5.69 Å². The number of nitro benzene ring substituents is 1. The lowest BCUT2D eigenvalue weighted by molar-refractivity contribution is -0.384. The lowest BCUT2D eigenvalue weighted by atomic mass is 10.1. The van der Waals surface area contributed by atoms with E-state index in [1.807, 2.05) is 43.3 Å². The van der Waals surface area contributed by atoms with Gasteiger partial charge in [-0.05, 0) is 43.9 Å². The molecule has 0 saturated heterocycles. The number of amides is 2. The van der Waals surface area contributed by atoms with Crippen molar-refractivity contribution >= 4 is 29.0 Å². The zero-order valence-corrected chi connectivity index (χ0v) is 16.0. The smallest absolute Gasteiger partial charge is 0.319 e. The molecule has 0 bridgehead atoms. The van der Waals surface area contributed by atoms with Crippen molar-refractivity contribution in [3.8, 4) is 5.75 Å². The number of carbonyl (C=O) groups is 1. The molecule has 0 aliphatic rings. The van der Waals surface area contributed by atoms with Gasteiger partial charge in [-0.25, -0.2) is 4.79 Å². The predicted molar refractivity (Wildman–Crippen MR) is 105 cm³/mol. The number of anilines is 1. The predicted octanol–water partition coefficient (Wildman–Crippen LogP) is 3.68. The van der Waals surface area contributed by atoms with Crippen LogP contribution in [0.3, 0.4) is 0 Å². The number of nitrogens with zero attached hydrogens (tertiary/aromatic N) is 2. The summed E-state index contributed by atoms with van der Waals surface area (Å²) in [6.07, 6.45) is 0. The van der Waals surface area contributed by atoms with Crippen LogP contribution in [0.2, 0.25) is 5.02 Å². The van der Waals surface area contributed by atoms with Crippen molar-refractivity contribution in [2.45, 2.75) is 6.04 Å². The molecule has 0 heterocycles. The SMILES string of the molecule is COc1cccc(C(CNC(=O)Nc2ccc(Cl)c([N+](=O)[O-])c2)N(C)C)c1. The molecule has 1 unspecified atom stereocenters. The quantitative estimate of drug-likeness (QED) is 0.553. The number of halogens is 1. The second-order valence-corrected chi connectivity index (χ2v) is 6.42. The molecule has 2 rings (SSSR count). The van der Waals surface area contributed by atoms with Crippen LogP contribution >= 0.6 is 11.6 Å². The summed E-state index contributed by atoms with van der Waals surface area (Å²) in [5.41, 5.74) is 1.00. The van der Waals surface area contributed by atoms with Crippen molar-refractivity contribution in [1.29, 1.82) is 0 Å². The summed E-state index contributed by atoms with van der Waals surface area (Å²) in [7, 11) is 5.42. The Morgan fingerprint density at radius 2 is 2.04 bits per heavy atom. The summed E-state index contributed by atoms with van der Waals surface area (Å²) < 4.78 is 5.25. The molecule has 0 spiro atoms.